The second-order valence-corrected chi connectivity index (χ2v) is 9.97. The van der Waals surface area contributed by atoms with E-state index < -0.39 is 38.5 Å². The number of urea groups is 1. The van der Waals surface area contributed by atoms with Crippen LogP contribution in [0.3, 0.4) is 0 Å². The van der Waals surface area contributed by atoms with E-state index in [0.29, 0.717) is 26.3 Å². The maximum atomic E-state index is 14.7. The molecule has 2 saturated heterocycles. The molecule has 1 atom stereocenters. The molecule has 2 fully saturated rings. The van der Waals surface area contributed by atoms with E-state index in [4.69, 9.17) is 9.47 Å². The van der Waals surface area contributed by atoms with E-state index in [-0.39, 0.29) is 37.2 Å². The number of halogens is 2. The van der Waals surface area contributed by atoms with Gasteiger partial charge >= 0.3 is 6.03 Å². The Morgan fingerprint density at radius 2 is 1.69 bits per heavy atom. The molecule has 36 heavy (non-hydrogen) atoms. The number of sulfonamides is 1. The van der Waals surface area contributed by atoms with Gasteiger partial charge in [0.05, 0.1) is 18.1 Å². The van der Waals surface area contributed by atoms with Gasteiger partial charge in [-0.15, -0.1) is 0 Å². The molecular formula is C22H24F2N4O7S. The van der Waals surface area contributed by atoms with E-state index in [1.54, 1.807) is 0 Å². The Labute approximate surface area is 205 Å². The van der Waals surface area contributed by atoms with Gasteiger partial charge in [0.2, 0.25) is 10.0 Å². The third-order valence-corrected chi connectivity index (χ3v) is 7.75. The standard InChI is InChI=1S/C22H24F2N4O7S/c23-15-1-3-16(4-2-15)35-20-6-5-17(13-18(20)24)36(32,33)28-8-7-27(14-19(28)21(29)25-31)22(30)26-9-11-34-12-10-26/h1-6,13,19,31H,7-12,14H2,(H,25,29)/t19-/m0/s1. The monoisotopic (exact) mass is 526 g/mol. The Morgan fingerprint density at radius 1 is 1.00 bits per heavy atom. The summed E-state index contributed by atoms with van der Waals surface area (Å²) < 4.78 is 65.9. The van der Waals surface area contributed by atoms with Crippen LogP contribution in [-0.2, 0) is 19.6 Å². The van der Waals surface area contributed by atoms with Crippen molar-refractivity contribution in [2.24, 2.45) is 0 Å². The summed E-state index contributed by atoms with van der Waals surface area (Å²) in [6, 6.07) is 5.96. The predicted molar refractivity (Wildman–Crippen MR) is 120 cm³/mol. The minimum atomic E-state index is -4.41. The number of benzene rings is 2. The quantitative estimate of drug-likeness (QED) is 0.445. The molecule has 194 valence electrons. The van der Waals surface area contributed by atoms with Gasteiger partial charge in [-0.25, -0.2) is 27.5 Å². The zero-order chi connectivity index (χ0) is 25.9. The second-order valence-electron chi connectivity index (χ2n) is 8.08. The fraction of sp³-hybridized carbons (Fsp3) is 0.364. The third kappa shape index (κ3) is 5.41. The molecule has 0 bridgehead atoms. The van der Waals surface area contributed by atoms with Crippen LogP contribution in [0.25, 0.3) is 0 Å². The Hall–Kier alpha value is -3.33. The van der Waals surface area contributed by atoms with Crippen LogP contribution in [0.1, 0.15) is 0 Å². The SMILES string of the molecule is O=C(NO)[C@@H]1CN(C(=O)N2CCOCC2)CCN1S(=O)(=O)c1ccc(Oc2ccc(F)cc2)c(F)c1. The normalized spacial score (nSPS) is 19.1. The number of amides is 3. The highest BCUT2D eigenvalue weighted by atomic mass is 32.2. The molecule has 14 heteroatoms. The fourth-order valence-electron chi connectivity index (χ4n) is 3.96. The lowest BCUT2D eigenvalue weighted by Gasteiger charge is -2.41. The number of piperazine rings is 1. The summed E-state index contributed by atoms with van der Waals surface area (Å²) >= 11 is 0. The van der Waals surface area contributed by atoms with E-state index in [9.17, 15) is 32.0 Å². The number of hydrogen-bond acceptors (Lipinski definition) is 7. The summed E-state index contributed by atoms with van der Waals surface area (Å²) in [6.07, 6.45) is 0. The first-order chi connectivity index (χ1) is 17.2. The number of morpholine rings is 1. The predicted octanol–water partition coefficient (Wildman–Crippen LogP) is 1.39. The Morgan fingerprint density at radius 3 is 2.33 bits per heavy atom. The fourth-order valence-corrected chi connectivity index (χ4v) is 5.54. The maximum Gasteiger partial charge on any atom is 0.320 e. The molecular weight excluding hydrogens is 502 g/mol. The first-order valence-electron chi connectivity index (χ1n) is 11.0. The zero-order valence-corrected chi connectivity index (χ0v) is 19.8. The molecule has 0 unspecified atom stereocenters. The molecule has 0 spiro atoms. The van der Waals surface area contributed by atoms with Gasteiger partial charge in [-0.1, -0.05) is 0 Å². The summed E-state index contributed by atoms with van der Waals surface area (Å²) in [6.45, 7) is 0.876. The van der Waals surface area contributed by atoms with Gasteiger partial charge in [0.1, 0.15) is 17.6 Å². The van der Waals surface area contributed by atoms with Crippen molar-refractivity contribution in [3.63, 3.8) is 0 Å². The number of nitrogens with one attached hydrogen (secondary N) is 1. The minimum Gasteiger partial charge on any atom is -0.454 e. The van der Waals surface area contributed by atoms with Crippen molar-refractivity contribution in [2.75, 3.05) is 45.9 Å². The highest BCUT2D eigenvalue weighted by molar-refractivity contribution is 7.89. The van der Waals surface area contributed by atoms with Crippen LogP contribution in [0, 0.1) is 11.6 Å². The average molecular weight is 527 g/mol. The molecule has 11 nitrogen and oxygen atoms in total. The molecule has 2 aliphatic heterocycles. The van der Waals surface area contributed by atoms with Gasteiger partial charge in [-0.2, -0.15) is 4.31 Å². The number of hydroxylamine groups is 1. The van der Waals surface area contributed by atoms with Crippen molar-refractivity contribution in [2.45, 2.75) is 10.9 Å². The number of carbonyl (C=O) groups is 2. The summed E-state index contributed by atoms with van der Waals surface area (Å²) in [5, 5.41) is 9.20. The van der Waals surface area contributed by atoms with E-state index in [0.717, 1.165) is 34.6 Å². The van der Waals surface area contributed by atoms with E-state index in [1.165, 1.54) is 27.4 Å². The molecule has 0 saturated carbocycles. The topological polar surface area (TPSA) is 129 Å². The molecule has 2 aromatic carbocycles. The number of rotatable bonds is 5. The highest BCUT2D eigenvalue weighted by Gasteiger charge is 2.42. The largest absolute Gasteiger partial charge is 0.454 e. The van der Waals surface area contributed by atoms with Crippen LogP contribution in [-0.4, -0.2) is 91.6 Å². The van der Waals surface area contributed by atoms with Crippen LogP contribution < -0.4 is 10.2 Å². The highest BCUT2D eigenvalue weighted by Crippen LogP contribution is 2.29. The van der Waals surface area contributed by atoms with Crippen LogP contribution in [0.2, 0.25) is 0 Å². The number of hydrogen-bond donors (Lipinski definition) is 2. The van der Waals surface area contributed by atoms with Gasteiger partial charge in [-0.3, -0.25) is 10.0 Å². The molecule has 4 rings (SSSR count). The molecule has 2 aliphatic rings. The molecule has 3 amide bonds. The minimum absolute atomic E-state index is 0.0150. The summed E-state index contributed by atoms with van der Waals surface area (Å²) in [5.41, 5.74) is 1.44. The molecule has 2 aromatic rings. The van der Waals surface area contributed by atoms with Crippen LogP contribution in [0.15, 0.2) is 47.4 Å². The average Bonchev–Trinajstić information content (AvgIpc) is 2.90. The molecule has 0 aliphatic carbocycles. The van der Waals surface area contributed by atoms with Crippen molar-refractivity contribution in [1.82, 2.24) is 19.6 Å². The van der Waals surface area contributed by atoms with Gasteiger partial charge in [0.25, 0.3) is 5.91 Å². The first kappa shape index (κ1) is 25.8. The summed E-state index contributed by atoms with van der Waals surface area (Å²) in [7, 11) is -4.41. The van der Waals surface area contributed by atoms with Crippen molar-refractivity contribution >= 4 is 22.0 Å². The van der Waals surface area contributed by atoms with E-state index in [2.05, 4.69) is 0 Å². The first-order valence-corrected chi connectivity index (χ1v) is 12.4. The van der Waals surface area contributed by atoms with Crippen molar-refractivity contribution in [3.8, 4) is 11.5 Å². The van der Waals surface area contributed by atoms with Gasteiger partial charge < -0.3 is 19.3 Å². The lowest BCUT2D eigenvalue weighted by atomic mass is 10.2. The zero-order valence-electron chi connectivity index (χ0n) is 19.0. The van der Waals surface area contributed by atoms with Gasteiger partial charge in [0.15, 0.2) is 11.6 Å². The summed E-state index contributed by atoms with van der Waals surface area (Å²) in [5.74, 6) is -2.67. The summed E-state index contributed by atoms with van der Waals surface area (Å²) in [4.78, 5) is 27.6. The Bertz CT molecular complexity index is 1220. The second kappa shape index (κ2) is 10.7. The number of nitrogens with zero attached hydrogens (tertiary/aromatic N) is 3. The molecule has 0 radical (unpaired) electrons. The van der Waals surface area contributed by atoms with E-state index >= 15 is 0 Å². The molecule has 2 N–H and O–H groups in total. The van der Waals surface area contributed by atoms with Crippen LogP contribution in [0.5, 0.6) is 11.5 Å². The molecule has 2 heterocycles. The molecule has 0 aromatic heterocycles. The van der Waals surface area contributed by atoms with Crippen LogP contribution >= 0.6 is 0 Å². The Balaban J connectivity index is 1.54. The third-order valence-electron chi connectivity index (χ3n) is 5.85. The van der Waals surface area contributed by atoms with Gasteiger partial charge in [0, 0.05) is 32.7 Å². The van der Waals surface area contributed by atoms with Crippen LogP contribution in [0.4, 0.5) is 13.6 Å². The number of carbonyl (C=O) groups excluding carboxylic acids is 2. The van der Waals surface area contributed by atoms with Gasteiger partial charge in [-0.05, 0) is 42.5 Å². The van der Waals surface area contributed by atoms with Crippen molar-refractivity contribution < 1.29 is 41.5 Å². The van der Waals surface area contributed by atoms with Crippen molar-refractivity contribution in [3.05, 3.63) is 54.1 Å². The lowest BCUT2D eigenvalue weighted by molar-refractivity contribution is -0.134. The van der Waals surface area contributed by atoms with Crippen molar-refractivity contribution in [1.29, 1.82) is 0 Å². The maximum absolute atomic E-state index is 14.7. The van der Waals surface area contributed by atoms with E-state index in [1.807, 2.05) is 0 Å². The smallest absolute Gasteiger partial charge is 0.320 e. The Kier molecular flexibility index (Phi) is 7.68. The number of ether oxygens (including phenoxy) is 2. The lowest BCUT2D eigenvalue weighted by Crippen LogP contribution is -2.63.